The summed E-state index contributed by atoms with van der Waals surface area (Å²) in [6.45, 7) is 2.14. The number of urea groups is 1. The monoisotopic (exact) mass is 400 g/mol. The van der Waals surface area contributed by atoms with Crippen LogP contribution in [0, 0.1) is 23.7 Å². The predicted molar refractivity (Wildman–Crippen MR) is 105 cm³/mol. The number of aliphatic hydroxyl groups is 1. The van der Waals surface area contributed by atoms with Crippen LogP contribution < -0.4 is 21.3 Å². The van der Waals surface area contributed by atoms with Gasteiger partial charge in [-0.05, 0) is 56.3 Å². The second-order valence-electron chi connectivity index (χ2n) is 9.12. The Morgan fingerprint density at radius 1 is 1.00 bits per heavy atom. The summed E-state index contributed by atoms with van der Waals surface area (Å²) in [6, 6.07) is -0.129. The maximum atomic E-state index is 12.3. The lowest BCUT2D eigenvalue weighted by Crippen LogP contribution is -2.61. The van der Waals surface area contributed by atoms with Crippen molar-refractivity contribution in [3.63, 3.8) is 0 Å². The largest absolute Gasteiger partial charge is 0.391 e. The first kappa shape index (κ1) is 20.7. The van der Waals surface area contributed by atoms with Crippen molar-refractivity contribution in [1.29, 1.82) is 0 Å². The Hall–Kier alpha value is -1.05. The van der Waals surface area contributed by atoms with Crippen LogP contribution in [-0.2, 0) is 4.79 Å². The zero-order valence-electron chi connectivity index (χ0n) is 15.8. The van der Waals surface area contributed by atoms with Gasteiger partial charge in [0.2, 0.25) is 5.91 Å². The van der Waals surface area contributed by atoms with Gasteiger partial charge in [-0.2, -0.15) is 0 Å². The predicted octanol–water partition coefficient (Wildman–Crippen LogP) is 0.763. The lowest BCUT2D eigenvalue weighted by atomic mass is 9.53. The number of hydrogen-bond donors (Lipinski definition) is 5. The number of carbonyl (C=O) groups excluding carboxylic acids is 2. The van der Waals surface area contributed by atoms with Gasteiger partial charge in [-0.1, -0.05) is 0 Å². The Morgan fingerprint density at radius 3 is 2.19 bits per heavy atom. The summed E-state index contributed by atoms with van der Waals surface area (Å²) in [5, 5.41) is 21.8. The fraction of sp³-hybridized carbons (Fsp3) is 0.895. The molecule has 4 aliphatic carbocycles. The van der Waals surface area contributed by atoms with E-state index >= 15 is 0 Å². The summed E-state index contributed by atoms with van der Waals surface area (Å²) in [5.74, 6) is 2.39. The van der Waals surface area contributed by atoms with Gasteiger partial charge in [-0.3, -0.25) is 4.79 Å². The first-order chi connectivity index (χ1) is 12.5. The molecule has 0 aromatic rings. The Kier molecular flexibility index (Phi) is 6.54. The van der Waals surface area contributed by atoms with Gasteiger partial charge in [0.1, 0.15) is 0 Å². The third kappa shape index (κ3) is 4.87. The molecule has 1 heterocycles. The molecule has 0 aromatic heterocycles. The molecule has 2 atom stereocenters. The Balaban J connectivity index is 0.00000210. The van der Waals surface area contributed by atoms with Gasteiger partial charge in [0.05, 0.1) is 6.10 Å². The fourth-order valence-electron chi connectivity index (χ4n) is 6.10. The minimum atomic E-state index is -0.389. The average molecular weight is 401 g/mol. The smallest absolute Gasteiger partial charge is 0.315 e. The number of β-amino-alcohol motifs (C(OH)–C–C–N with tert-alkyl or cyclic N) is 1. The molecule has 2 unspecified atom stereocenters. The van der Waals surface area contributed by atoms with Crippen molar-refractivity contribution >= 4 is 24.3 Å². The van der Waals surface area contributed by atoms with Crippen molar-refractivity contribution < 1.29 is 14.7 Å². The highest BCUT2D eigenvalue weighted by Crippen LogP contribution is 2.55. The van der Waals surface area contributed by atoms with Crippen LogP contribution in [0.3, 0.4) is 0 Å². The summed E-state index contributed by atoms with van der Waals surface area (Å²) < 4.78 is 0. The highest BCUT2D eigenvalue weighted by Gasteiger charge is 2.51. The van der Waals surface area contributed by atoms with Crippen molar-refractivity contribution in [2.75, 3.05) is 26.2 Å². The van der Waals surface area contributed by atoms with Crippen molar-refractivity contribution in [1.82, 2.24) is 21.3 Å². The molecule has 4 bridgehead atoms. The van der Waals surface area contributed by atoms with Crippen molar-refractivity contribution in [3.05, 3.63) is 0 Å². The van der Waals surface area contributed by atoms with E-state index in [2.05, 4.69) is 21.3 Å². The SMILES string of the molecule is Cl.O=C(CCNC(=O)NC12CC3CC(CC(C3)C1)C2)NCC1CNCC1O. The summed E-state index contributed by atoms with van der Waals surface area (Å²) >= 11 is 0. The third-order valence-corrected chi connectivity index (χ3v) is 6.92. The fourth-order valence-corrected chi connectivity index (χ4v) is 6.10. The highest BCUT2D eigenvalue weighted by molar-refractivity contribution is 5.85. The maximum absolute atomic E-state index is 12.3. The molecule has 7 nitrogen and oxygen atoms in total. The van der Waals surface area contributed by atoms with E-state index in [-0.39, 0.29) is 48.3 Å². The first-order valence-corrected chi connectivity index (χ1v) is 10.2. The lowest BCUT2D eigenvalue weighted by Gasteiger charge is -2.56. The topological polar surface area (TPSA) is 102 Å². The molecule has 4 saturated carbocycles. The molecule has 154 valence electrons. The quantitative estimate of drug-likeness (QED) is 0.454. The molecule has 1 saturated heterocycles. The van der Waals surface area contributed by atoms with Crippen LogP contribution in [0.1, 0.15) is 44.9 Å². The number of amides is 3. The minimum absolute atomic E-state index is 0. The number of nitrogens with one attached hydrogen (secondary N) is 4. The van der Waals surface area contributed by atoms with Crippen LogP contribution in [0.5, 0.6) is 0 Å². The third-order valence-electron chi connectivity index (χ3n) is 6.92. The number of rotatable bonds is 6. The average Bonchev–Trinajstić information content (AvgIpc) is 2.96. The van der Waals surface area contributed by atoms with E-state index in [4.69, 9.17) is 0 Å². The highest BCUT2D eigenvalue weighted by atomic mass is 35.5. The van der Waals surface area contributed by atoms with Gasteiger partial charge in [0, 0.05) is 44.1 Å². The van der Waals surface area contributed by atoms with E-state index in [0.717, 1.165) is 43.6 Å². The molecule has 5 fully saturated rings. The second-order valence-corrected chi connectivity index (χ2v) is 9.12. The number of aliphatic hydroxyl groups excluding tert-OH is 1. The molecule has 1 aliphatic heterocycles. The molecular weight excluding hydrogens is 368 g/mol. The number of carbonyl (C=O) groups is 2. The van der Waals surface area contributed by atoms with E-state index in [9.17, 15) is 14.7 Å². The minimum Gasteiger partial charge on any atom is -0.391 e. The molecule has 3 amide bonds. The second kappa shape index (κ2) is 8.53. The number of halogens is 1. The molecule has 27 heavy (non-hydrogen) atoms. The van der Waals surface area contributed by atoms with Crippen molar-refractivity contribution in [3.8, 4) is 0 Å². The van der Waals surface area contributed by atoms with Crippen LogP contribution in [0.4, 0.5) is 4.79 Å². The number of hydrogen-bond acceptors (Lipinski definition) is 4. The standard InChI is InChI=1S/C19H32N4O3.ClH/c24-16-11-20-9-15(16)10-22-17(25)1-2-21-18(26)23-19-6-12-3-13(7-19)5-14(4-12)8-19;/h12-16,20,24H,1-11H2,(H,22,25)(H2,21,23,26);1H. The van der Waals surface area contributed by atoms with E-state index in [1.54, 1.807) is 0 Å². The zero-order valence-corrected chi connectivity index (χ0v) is 16.7. The van der Waals surface area contributed by atoms with Crippen molar-refractivity contribution in [2.24, 2.45) is 23.7 Å². The van der Waals surface area contributed by atoms with Gasteiger partial charge in [0.15, 0.2) is 0 Å². The normalized spacial score (nSPS) is 38.9. The summed E-state index contributed by atoms with van der Waals surface area (Å²) in [6.07, 6.45) is 7.33. The van der Waals surface area contributed by atoms with Gasteiger partial charge >= 0.3 is 6.03 Å². The van der Waals surface area contributed by atoms with Crippen LogP contribution >= 0.6 is 12.4 Å². The molecule has 0 spiro atoms. The van der Waals surface area contributed by atoms with Gasteiger partial charge in [-0.25, -0.2) is 4.79 Å². The van der Waals surface area contributed by atoms with Crippen LogP contribution in [-0.4, -0.2) is 54.9 Å². The molecule has 5 rings (SSSR count). The summed E-state index contributed by atoms with van der Waals surface area (Å²) in [7, 11) is 0. The first-order valence-electron chi connectivity index (χ1n) is 10.2. The molecule has 8 heteroatoms. The van der Waals surface area contributed by atoms with E-state index < -0.39 is 0 Å². The molecule has 5 N–H and O–H groups in total. The van der Waals surface area contributed by atoms with Crippen LogP contribution in [0.15, 0.2) is 0 Å². The van der Waals surface area contributed by atoms with Gasteiger partial charge in [-0.15, -0.1) is 12.4 Å². The zero-order chi connectivity index (χ0) is 18.1. The van der Waals surface area contributed by atoms with Crippen LogP contribution in [0.25, 0.3) is 0 Å². The Morgan fingerprint density at radius 2 is 1.63 bits per heavy atom. The molecule has 0 aromatic carbocycles. The van der Waals surface area contributed by atoms with E-state index in [1.807, 2.05) is 0 Å². The lowest BCUT2D eigenvalue weighted by molar-refractivity contribution is -0.121. The molecule has 5 aliphatic rings. The van der Waals surface area contributed by atoms with Gasteiger partial charge < -0.3 is 26.4 Å². The maximum Gasteiger partial charge on any atom is 0.315 e. The molecular formula is C19H33ClN4O3. The van der Waals surface area contributed by atoms with Gasteiger partial charge in [0.25, 0.3) is 0 Å². The Bertz CT molecular complexity index is 524. The summed E-state index contributed by atoms with van der Waals surface area (Å²) in [4.78, 5) is 24.2. The summed E-state index contributed by atoms with van der Waals surface area (Å²) in [5.41, 5.74) is 0.00665. The molecule has 0 radical (unpaired) electrons. The Labute approximate surface area is 167 Å². The van der Waals surface area contributed by atoms with Crippen LogP contribution in [0.2, 0.25) is 0 Å². The van der Waals surface area contributed by atoms with E-state index in [0.29, 0.717) is 19.6 Å². The van der Waals surface area contributed by atoms with E-state index in [1.165, 1.54) is 19.3 Å². The van der Waals surface area contributed by atoms with Crippen molar-refractivity contribution in [2.45, 2.75) is 56.6 Å².